The molecule has 0 radical (unpaired) electrons. The Hall–Kier alpha value is -2.23. The number of nitrogens with one attached hydrogen (secondary N) is 3. The molecule has 0 spiro atoms. The maximum atomic E-state index is 12.0. The first kappa shape index (κ1) is 20.1. The lowest BCUT2D eigenvalue weighted by molar-refractivity contribution is -0.120. The molecule has 0 aliphatic carbocycles. The quantitative estimate of drug-likeness (QED) is 0.638. The van der Waals surface area contributed by atoms with Crippen LogP contribution in [0.1, 0.15) is 31.9 Å². The Morgan fingerprint density at radius 2 is 1.81 bits per heavy atom. The molecule has 2 amide bonds. The minimum Gasteiger partial charge on any atom is -0.348 e. The molecule has 9 heteroatoms. The van der Waals surface area contributed by atoms with E-state index in [2.05, 4.69) is 15.4 Å². The lowest BCUT2D eigenvalue weighted by Crippen LogP contribution is -2.37. The van der Waals surface area contributed by atoms with Gasteiger partial charge in [-0.15, -0.1) is 11.3 Å². The predicted octanol–water partition coefficient (Wildman–Crippen LogP) is 2.25. The number of thiophene rings is 1. The van der Waals surface area contributed by atoms with Crippen molar-refractivity contribution in [3.05, 3.63) is 47.3 Å². The van der Waals surface area contributed by atoms with E-state index < -0.39 is 15.9 Å². The van der Waals surface area contributed by atoms with E-state index in [0.717, 1.165) is 16.9 Å². The molecular formula is C17H21N3O4S2. The van der Waals surface area contributed by atoms with E-state index in [-0.39, 0.29) is 22.7 Å². The Kier molecular flexibility index (Phi) is 6.90. The summed E-state index contributed by atoms with van der Waals surface area (Å²) in [6.45, 7) is 3.23. The van der Waals surface area contributed by atoms with Crippen molar-refractivity contribution >= 4 is 38.9 Å². The number of carbonyl (C=O) groups excluding carboxylic acids is 2. The van der Waals surface area contributed by atoms with Crippen molar-refractivity contribution in [2.45, 2.75) is 30.5 Å². The molecule has 0 bridgehead atoms. The number of carbonyl (C=O) groups is 2. The highest BCUT2D eigenvalue weighted by Crippen LogP contribution is 2.17. The Morgan fingerprint density at radius 1 is 1.12 bits per heavy atom. The number of sulfonamides is 1. The van der Waals surface area contributed by atoms with Crippen LogP contribution in [-0.4, -0.2) is 26.8 Å². The lowest BCUT2D eigenvalue weighted by atomic mass is 10.1. The molecule has 3 N–H and O–H groups in total. The Labute approximate surface area is 156 Å². The number of hydrogen-bond acceptors (Lipinski definition) is 5. The van der Waals surface area contributed by atoms with Gasteiger partial charge in [0, 0.05) is 12.1 Å². The summed E-state index contributed by atoms with van der Waals surface area (Å²) in [4.78, 5) is 23.4. The van der Waals surface area contributed by atoms with Gasteiger partial charge in [-0.2, -0.15) is 0 Å². The molecule has 0 aliphatic heterocycles. The van der Waals surface area contributed by atoms with Crippen molar-refractivity contribution in [1.82, 2.24) is 10.0 Å². The highest BCUT2D eigenvalue weighted by atomic mass is 32.2. The summed E-state index contributed by atoms with van der Waals surface area (Å²) in [6.07, 6.45) is 0.398. The second-order valence-corrected chi connectivity index (χ2v) is 8.51. The summed E-state index contributed by atoms with van der Waals surface area (Å²) in [5.74, 6) is -0.502. The van der Waals surface area contributed by atoms with Gasteiger partial charge < -0.3 is 10.6 Å². The first-order chi connectivity index (χ1) is 12.3. The highest BCUT2D eigenvalue weighted by Gasteiger charge is 2.17. The van der Waals surface area contributed by atoms with Crippen LogP contribution in [0.5, 0.6) is 0 Å². The maximum absolute atomic E-state index is 12.0. The van der Waals surface area contributed by atoms with Gasteiger partial charge in [0.25, 0.3) is 10.0 Å². The smallest absolute Gasteiger partial charge is 0.250 e. The standard InChI is InChI=1S/C17H21N3O4S2/c1-3-15(21)20-14-8-6-13(7-9-14)12(2)19-16(22)11-18-26(23,24)17-5-4-10-25-17/h4-10,12,18H,3,11H2,1-2H3,(H,19,22)(H,20,21). The molecule has 0 fully saturated rings. The van der Waals surface area contributed by atoms with E-state index in [1.807, 2.05) is 0 Å². The van der Waals surface area contributed by atoms with Gasteiger partial charge in [0.05, 0.1) is 12.6 Å². The van der Waals surface area contributed by atoms with Gasteiger partial charge in [-0.3, -0.25) is 9.59 Å². The van der Waals surface area contributed by atoms with E-state index in [1.54, 1.807) is 49.6 Å². The fourth-order valence-electron chi connectivity index (χ4n) is 2.13. The molecule has 26 heavy (non-hydrogen) atoms. The molecule has 7 nitrogen and oxygen atoms in total. The SMILES string of the molecule is CCC(=O)Nc1ccc(C(C)NC(=O)CNS(=O)(=O)c2cccs2)cc1. The second kappa shape index (κ2) is 8.93. The monoisotopic (exact) mass is 395 g/mol. The molecule has 1 aromatic heterocycles. The van der Waals surface area contributed by atoms with E-state index in [9.17, 15) is 18.0 Å². The number of hydrogen-bond donors (Lipinski definition) is 3. The molecule has 1 aromatic carbocycles. The first-order valence-corrected chi connectivity index (χ1v) is 10.4. The number of amides is 2. The van der Waals surface area contributed by atoms with Crippen LogP contribution in [0, 0.1) is 0 Å². The van der Waals surface area contributed by atoms with Crippen LogP contribution < -0.4 is 15.4 Å². The van der Waals surface area contributed by atoms with E-state index in [4.69, 9.17) is 0 Å². The largest absolute Gasteiger partial charge is 0.348 e. The zero-order valence-corrected chi connectivity index (χ0v) is 16.1. The number of rotatable bonds is 8. The van der Waals surface area contributed by atoms with Gasteiger partial charge in [0.15, 0.2) is 0 Å². The molecule has 2 rings (SSSR count). The third-order valence-corrected chi connectivity index (χ3v) is 6.37. The van der Waals surface area contributed by atoms with Gasteiger partial charge in [-0.1, -0.05) is 25.1 Å². The van der Waals surface area contributed by atoms with Crippen LogP contribution in [0.3, 0.4) is 0 Å². The summed E-state index contributed by atoms with van der Waals surface area (Å²) in [5.41, 5.74) is 1.52. The average molecular weight is 396 g/mol. The van der Waals surface area contributed by atoms with Crippen molar-refractivity contribution in [2.75, 3.05) is 11.9 Å². The maximum Gasteiger partial charge on any atom is 0.250 e. The topological polar surface area (TPSA) is 104 Å². The summed E-state index contributed by atoms with van der Waals surface area (Å²) < 4.78 is 26.4. The van der Waals surface area contributed by atoms with Crippen LogP contribution >= 0.6 is 11.3 Å². The van der Waals surface area contributed by atoms with Gasteiger partial charge >= 0.3 is 0 Å². The van der Waals surface area contributed by atoms with Crippen molar-refractivity contribution in [3.63, 3.8) is 0 Å². The summed E-state index contributed by atoms with van der Waals surface area (Å²) >= 11 is 1.09. The summed E-state index contributed by atoms with van der Waals surface area (Å²) in [7, 11) is -3.66. The molecule has 1 heterocycles. The van der Waals surface area contributed by atoms with E-state index in [1.165, 1.54) is 6.07 Å². The van der Waals surface area contributed by atoms with Gasteiger partial charge in [0.1, 0.15) is 4.21 Å². The van der Waals surface area contributed by atoms with Crippen LogP contribution in [0.4, 0.5) is 5.69 Å². The van der Waals surface area contributed by atoms with Crippen LogP contribution in [0.2, 0.25) is 0 Å². The first-order valence-electron chi connectivity index (χ1n) is 8.04. The fraction of sp³-hybridized carbons (Fsp3) is 0.294. The van der Waals surface area contributed by atoms with Crippen molar-refractivity contribution < 1.29 is 18.0 Å². The molecule has 1 atom stereocenters. The molecular weight excluding hydrogens is 374 g/mol. The predicted molar refractivity (Wildman–Crippen MR) is 101 cm³/mol. The summed E-state index contributed by atoms with van der Waals surface area (Å²) in [6, 6.07) is 9.92. The molecule has 2 aromatic rings. The Balaban J connectivity index is 1.87. The molecule has 140 valence electrons. The van der Waals surface area contributed by atoms with Crippen LogP contribution in [0.15, 0.2) is 46.0 Å². The van der Waals surface area contributed by atoms with Gasteiger partial charge in [0.2, 0.25) is 11.8 Å². The third-order valence-electron chi connectivity index (χ3n) is 3.58. The van der Waals surface area contributed by atoms with E-state index in [0.29, 0.717) is 12.1 Å². The Morgan fingerprint density at radius 3 is 2.38 bits per heavy atom. The molecule has 0 aliphatic rings. The third kappa shape index (κ3) is 5.65. The molecule has 0 saturated carbocycles. The minimum absolute atomic E-state index is 0.0721. The zero-order valence-electron chi connectivity index (χ0n) is 14.5. The zero-order chi connectivity index (χ0) is 19.2. The van der Waals surface area contributed by atoms with Crippen LogP contribution in [-0.2, 0) is 19.6 Å². The van der Waals surface area contributed by atoms with Gasteiger partial charge in [-0.05, 0) is 36.1 Å². The highest BCUT2D eigenvalue weighted by molar-refractivity contribution is 7.91. The number of anilines is 1. The average Bonchev–Trinajstić information content (AvgIpc) is 3.16. The minimum atomic E-state index is -3.66. The summed E-state index contributed by atoms with van der Waals surface area (Å²) in [5, 5.41) is 7.14. The Bertz CT molecular complexity index is 847. The van der Waals surface area contributed by atoms with Crippen molar-refractivity contribution in [1.29, 1.82) is 0 Å². The lowest BCUT2D eigenvalue weighted by Gasteiger charge is -2.15. The normalized spacial score (nSPS) is 12.4. The fourth-order valence-corrected chi connectivity index (χ4v) is 4.15. The van der Waals surface area contributed by atoms with Crippen molar-refractivity contribution in [2.24, 2.45) is 0 Å². The van der Waals surface area contributed by atoms with E-state index >= 15 is 0 Å². The number of benzene rings is 1. The van der Waals surface area contributed by atoms with Gasteiger partial charge in [-0.25, -0.2) is 13.1 Å². The second-order valence-electron chi connectivity index (χ2n) is 5.57. The van der Waals surface area contributed by atoms with Crippen molar-refractivity contribution in [3.8, 4) is 0 Å². The van der Waals surface area contributed by atoms with Crippen LogP contribution in [0.25, 0.3) is 0 Å². The molecule has 0 saturated heterocycles. The molecule has 1 unspecified atom stereocenters.